The number of carbonyl (C=O) groups is 3. The molecule has 2 saturated carbocycles. The number of esters is 2. The van der Waals surface area contributed by atoms with E-state index < -0.39 is 28.5 Å². The molecular weight excluding hydrogens is 436 g/mol. The first-order chi connectivity index (χ1) is 16.1. The molecule has 6 rings (SSSR count). The largest absolute Gasteiger partial charge is 0.472 e. The number of ketones is 1. The van der Waals surface area contributed by atoms with Crippen LogP contribution in [0, 0.1) is 28.1 Å². The molecule has 7 nitrogen and oxygen atoms in total. The van der Waals surface area contributed by atoms with Crippen LogP contribution in [0.25, 0.3) is 0 Å². The van der Waals surface area contributed by atoms with Crippen LogP contribution in [-0.2, 0) is 28.6 Å². The number of allylic oxidation sites excluding steroid dienone is 1. The van der Waals surface area contributed by atoms with Crippen LogP contribution in [0.2, 0.25) is 0 Å². The summed E-state index contributed by atoms with van der Waals surface area (Å²) in [6, 6.07) is 1.98. The number of ether oxygens (including phenoxy) is 3. The van der Waals surface area contributed by atoms with Gasteiger partial charge in [-0.1, -0.05) is 19.4 Å². The van der Waals surface area contributed by atoms with Gasteiger partial charge in [-0.15, -0.1) is 0 Å². The zero-order chi connectivity index (χ0) is 24.2. The summed E-state index contributed by atoms with van der Waals surface area (Å²) in [4.78, 5) is 39.8. The van der Waals surface area contributed by atoms with Gasteiger partial charge in [-0.3, -0.25) is 14.4 Å². The number of Topliss-reactive ketones (excluding diaryl/α,β-unsaturated/α-hetero) is 1. The summed E-state index contributed by atoms with van der Waals surface area (Å²) in [5.41, 5.74) is 1.15. The van der Waals surface area contributed by atoms with Crippen LogP contribution in [0.15, 0.2) is 34.2 Å². The molecule has 2 aliphatic heterocycles. The topological polar surface area (TPSA) is 92.0 Å². The molecule has 1 aromatic heterocycles. The molecule has 34 heavy (non-hydrogen) atoms. The lowest BCUT2D eigenvalue weighted by Gasteiger charge is -2.60. The minimum atomic E-state index is -0.900. The van der Waals surface area contributed by atoms with Crippen molar-refractivity contribution in [2.24, 2.45) is 28.1 Å². The Morgan fingerprint density at radius 2 is 1.97 bits per heavy atom. The van der Waals surface area contributed by atoms with E-state index in [1.807, 2.05) is 19.9 Å². The lowest BCUT2D eigenvalue weighted by Crippen LogP contribution is -2.67. The van der Waals surface area contributed by atoms with Gasteiger partial charge in [0.1, 0.15) is 18.0 Å². The van der Waals surface area contributed by atoms with Crippen LogP contribution in [0.4, 0.5) is 0 Å². The van der Waals surface area contributed by atoms with Gasteiger partial charge in [0, 0.05) is 29.1 Å². The van der Waals surface area contributed by atoms with Crippen molar-refractivity contribution < 1.29 is 33.0 Å². The van der Waals surface area contributed by atoms with E-state index in [0.29, 0.717) is 12.8 Å². The number of furan rings is 1. The molecule has 3 heterocycles. The van der Waals surface area contributed by atoms with E-state index in [1.54, 1.807) is 12.5 Å². The number of hydrogen-bond donors (Lipinski definition) is 0. The van der Waals surface area contributed by atoms with Gasteiger partial charge in [-0.2, -0.15) is 0 Å². The Bertz CT molecular complexity index is 1120. The van der Waals surface area contributed by atoms with Gasteiger partial charge in [0.15, 0.2) is 0 Å². The molecule has 3 unspecified atom stereocenters. The van der Waals surface area contributed by atoms with Crippen molar-refractivity contribution in [3.63, 3.8) is 0 Å². The van der Waals surface area contributed by atoms with E-state index in [1.165, 1.54) is 12.7 Å². The second-order valence-electron chi connectivity index (χ2n) is 11.6. The second-order valence-corrected chi connectivity index (χ2v) is 11.6. The molecule has 3 aliphatic carbocycles. The SMILES string of the molecule is COC(=O)C[C@H]1[C@]2(C)C3=C(C)C(c4ccoc4)CC3O[C@@H]2[C@@H]2OC(=O)[C@]3(C)CCC(=O)[C@@]1(C)C23. The molecule has 9 atom stereocenters. The fourth-order valence-electron chi connectivity index (χ4n) is 8.82. The highest BCUT2D eigenvalue weighted by molar-refractivity contribution is 5.92. The van der Waals surface area contributed by atoms with E-state index in [2.05, 4.69) is 13.8 Å². The van der Waals surface area contributed by atoms with Crippen LogP contribution >= 0.6 is 0 Å². The number of rotatable bonds is 3. The quantitative estimate of drug-likeness (QED) is 0.490. The molecule has 0 aromatic carbocycles. The molecule has 1 aromatic rings. The van der Waals surface area contributed by atoms with E-state index in [0.717, 1.165) is 17.6 Å². The second kappa shape index (κ2) is 6.84. The standard InChI is InChI=1S/C27H32O7/c1-13-15(14-7-9-32-12-14)10-16-20(13)27(4)17(11-19(29)31-5)26(3)18(28)6-8-25(2)22(26)21(23(27)33-16)34-24(25)30/h7,9,12,15-17,21-23H,6,8,10-11H2,1-5H3/t15?,16?,17-,21-,22?,23-,25-,26+,27-/m1/s1. The third-order valence-electron chi connectivity index (χ3n) is 10.3. The number of fused-ring (bicyclic) bond motifs is 4. The Hall–Kier alpha value is -2.41. The maximum absolute atomic E-state index is 13.8. The third kappa shape index (κ3) is 2.39. The summed E-state index contributed by atoms with van der Waals surface area (Å²) in [5.74, 6) is -1.02. The molecule has 0 bridgehead atoms. The fourth-order valence-corrected chi connectivity index (χ4v) is 8.82. The summed E-state index contributed by atoms with van der Waals surface area (Å²) in [7, 11) is 1.38. The molecule has 182 valence electrons. The van der Waals surface area contributed by atoms with Crippen LogP contribution in [0.3, 0.4) is 0 Å². The molecule has 0 amide bonds. The van der Waals surface area contributed by atoms with Crippen molar-refractivity contribution in [3.8, 4) is 0 Å². The Labute approximate surface area is 199 Å². The first kappa shape index (κ1) is 22.1. The van der Waals surface area contributed by atoms with Gasteiger partial charge in [0.25, 0.3) is 0 Å². The summed E-state index contributed by atoms with van der Waals surface area (Å²) < 4.78 is 23.3. The minimum Gasteiger partial charge on any atom is -0.472 e. The molecule has 0 N–H and O–H groups in total. The molecule has 7 heteroatoms. The molecule has 0 spiro atoms. The van der Waals surface area contributed by atoms with Crippen molar-refractivity contribution in [3.05, 3.63) is 35.3 Å². The average molecular weight is 469 g/mol. The zero-order valence-electron chi connectivity index (χ0n) is 20.4. The van der Waals surface area contributed by atoms with Crippen LogP contribution in [0.1, 0.15) is 64.9 Å². The smallest absolute Gasteiger partial charge is 0.312 e. The molecule has 2 saturated heterocycles. The number of hydrogen-bond acceptors (Lipinski definition) is 7. The van der Waals surface area contributed by atoms with E-state index in [4.69, 9.17) is 18.6 Å². The zero-order valence-corrected chi connectivity index (χ0v) is 20.4. The highest BCUT2D eigenvalue weighted by atomic mass is 16.6. The lowest BCUT2D eigenvalue weighted by molar-refractivity contribution is -0.197. The first-order valence-electron chi connectivity index (χ1n) is 12.3. The molecule has 4 fully saturated rings. The Morgan fingerprint density at radius 1 is 1.21 bits per heavy atom. The maximum atomic E-state index is 13.8. The summed E-state index contributed by atoms with van der Waals surface area (Å²) in [6.07, 6.45) is 4.04. The normalized spacial score (nSPS) is 46.7. The fraction of sp³-hybridized carbons (Fsp3) is 0.667. The molecule has 0 radical (unpaired) electrons. The van der Waals surface area contributed by atoms with Crippen molar-refractivity contribution in [2.45, 2.75) is 77.6 Å². The van der Waals surface area contributed by atoms with Gasteiger partial charge in [0.2, 0.25) is 0 Å². The Balaban J connectivity index is 1.56. The first-order valence-corrected chi connectivity index (χ1v) is 12.3. The highest BCUT2D eigenvalue weighted by Gasteiger charge is 2.78. The van der Waals surface area contributed by atoms with Gasteiger partial charge in [-0.05, 0) is 49.8 Å². The predicted octanol–water partition coefficient (Wildman–Crippen LogP) is 3.97. The summed E-state index contributed by atoms with van der Waals surface area (Å²) >= 11 is 0. The van der Waals surface area contributed by atoms with Crippen molar-refractivity contribution in [1.29, 1.82) is 0 Å². The monoisotopic (exact) mass is 468 g/mol. The number of methoxy groups -OCH3 is 1. The molecule has 5 aliphatic rings. The Morgan fingerprint density at radius 3 is 2.65 bits per heavy atom. The average Bonchev–Trinajstić information content (AvgIpc) is 3.54. The van der Waals surface area contributed by atoms with Crippen molar-refractivity contribution >= 4 is 17.7 Å². The van der Waals surface area contributed by atoms with E-state index in [-0.39, 0.29) is 48.0 Å². The van der Waals surface area contributed by atoms with Crippen molar-refractivity contribution in [2.75, 3.05) is 7.11 Å². The summed E-state index contributed by atoms with van der Waals surface area (Å²) in [5, 5.41) is 0. The molecular formula is C27H32O7. The number of carbonyl (C=O) groups excluding carboxylic acids is 3. The minimum absolute atomic E-state index is 0.0997. The van der Waals surface area contributed by atoms with Gasteiger partial charge < -0.3 is 18.6 Å². The van der Waals surface area contributed by atoms with E-state index >= 15 is 0 Å². The predicted molar refractivity (Wildman–Crippen MR) is 119 cm³/mol. The van der Waals surface area contributed by atoms with Crippen molar-refractivity contribution in [1.82, 2.24) is 0 Å². The van der Waals surface area contributed by atoms with Gasteiger partial charge in [-0.25, -0.2) is 0 Å². The van der Waals surface area contributed by atoms with Gasteiger partial charge >= 0.3 is 11.9 Å². The van der Waals surface area contributed by atoms with Crippen LogP contribution in [0.5, 0.6) is 0 Å². The summed E-state index contributed by atoms with van der Waals surface area (Å²) in [6.45, 7) is 8.14. The Kier molecular flexibility index (Phi) is 4.44. The van der Waals surface area contributed by atoms with Gasteiger partial charge in [0.05, 0.1) is 37.6 Å². The highest BCUT2D eigenvalue weighted by Crippen LogP contribution is 2.72. The third-order valence-corrected chi connectivity index (χ3v) is 10.3. The lowest BCUT2D eigenvalue weighted by atomic mass is 9.40. The maximum Gasteiger partial charge on any atom is 0.312 e. The van der Waals surface area contributed by atoms with E-state index in [9.17, 15) is 14.4 Å². The van der Waals surface area contributed by atoms with Crippen LogP contribution < -0.4 is 0 Å². The van der Waals surface area contributed by atoms with Crippen LogP contribution in [-0.4, -0.2) is 43.1 Å².